The highest BCUT2D eigenvalue weighted by Crippen LogP contribution is 2.29. The molecule has 1 unspecified atom stereocenters. The number of anilines is 1. The Hall–Kier alpha value is -2.89. The van der Waals surface area contributed by atoms with Crippen LogP contribution in [0.4, 0.5) is 5.82 Å². The van der Waals surface area contributed by atoms with Crippen LogP contribution in [0.1, 0.15) is 40.6 Å². The van der Waals surface area contributed by atoms with Crippen LogP contribution in [0.5, 0.6) is 0 Å². The van der Waals surface area contributed by atoms with Gasteiger partial charge in [0, 0.05) is 19.0 Å². The minimum atomic E-state index is -0.997. The molecule has 2 N–H and O–H groups in total. The molecule has 0 saturated carbocycles. The molecule has 1 atom stereocenters. The number of aromatic nitrogens is 3. The molecule has 4 rings (SSSR count). The van der Waals surface area contributed by atoms with Crippen molar-refractivity contribution >= 4 is 22.8 Å². The first-order valence-electron chi connectivity index (χ1n) is 8.52. The molecule has 1 aromatic carbocycles. The van der Waals surface area contributed by atoms with Crippen LogP contribution in [0.2, 0.25) is 0 Å². The predicted octanol–water partition coefficient (Wildman–Crippen LogP) is 3.35. The van der Waals surface area contributed by atoms with Crippen LogP contribution in [0.3, 0.4) is 0 Å². The Morgan fingerprint density at radius 3 is 3.00 bits per heavy atom. The predicted molar refractivity (Wildman–Crippen MR) is 96.2 cm³/mol. The number of nitrogens with one attached hydrogen (secondary N) is 1. The Kier molecular flexibility index (Phi) is 3.87. The molecule has 25 heavy (non-hydrogen) atoms. The van der Waals surface area contributed by atoms with Gasteiger partial charge in [0.1, 0.15) is 11.6 Å². The first kappa shape index (κ1) is 15.6. The summed E-state index contributed by atoms with van der Waals surface area (Å²) in [5.74, 6) is 1.01. The number of imidazole rings is 1. The lowest BCUT2D eigenvalue weighted by Crippen LogP contribution is -2.35. The molecule has 0 spiro atoms. The zero-order valence-corrected chi connectivity index (χ0v) is 14.1. The summed E-state index contributed by atoms with van der Waals surface area (Å²) in [5.41, 5.74) is 3.35. The van der Waals surface area contributed by atoms with Gasteiger partial charge >= 0.3 is 5.97 Å². The normalized spacial score (nSPS) is 17.8. The molecule has 1 saturated heterocycles. The molecular weight excluding hydrogens is 316 g/mol. The molecule has 1 fully saturated rings. The average molecular weight is 336 g/mol. The van der Waals surface area contributed by atoms with E-state index in [0.29, 0.717) is 0 Å². The van der Waals surface area contributed by atoms with Gasteiger partial charge < -0.3 is 15.0 Å². The number of nitrogens with zero attached hydrogens (tertiary/aromatic N) is 3. The average Bonchev–Trinajstić information content (AvgIpc) is 3.05. The van der Waals surface area contributed by atoms with Gasteiger partial charge in [0.05, 0.1) is 11.0 Å². The van der Waals surface area contributed by atoms with Crippen molar-refractivity contribution in [2.24, 2.45) is 0 Å². The lowest BCUT2D eigenvalue weighted by atomic mass is 9.97. The zero-order valence-electron chi connectivity index (χ0n) is 14.1. The van der Waals surface area contributed by atoms with Gasteiger partial charge in [-0.25, -0.2) is 14.8 Å². The van der Waals surface area contributed by atoms with Gasteiger partial charge in [0.25, 0.3) is 0 Å². The summed E-state index contributed by atoms with van der Waals surface area (Å²) in [6.45, 7) is 3.74. The summed E-state index contributed by atoms with van der Waals surface area (Å²) in [4.78, 5) is 25.8. The van der Waals surface area contributed by atoms with E-state index < -0.39 is 5.97 Å². The third-order valence-electron chi connectivity index (χ3n) is 4.74. The number of hydrogen-bond acceptors (Lipinski definition) is 4. The topological polar surface area (TPSA) is 82.1 Å². The number of hydrogen-bond donors (Lipinski definition) is 2. The monoisotopic (exact) mass is 336 g/mol. The number of carboxylic acids is 1. The lowest BCUT2D eigenvalue weighted by molar-refractivity contribution is 0.0690. The second-order valence-corrected chi connectivity index (χ2v) is 6.61. The van der Waals surface area contributed by atoms with E-state index in [2.05, 4.69) is 33.9 Å². The molecule has 1 aliphatic rings. The van der Waals surface area contributed by atoms with E-state index in [4.69, 9.17) is 10.1 Å². The third-order valence-corrected chi connectivity index (χ3v) is 4.74. The number of pyridine rings is 1. The first-order valence-corrected chi connectivity index (χ1v) is 8.52. The van der Waals surface area contributed by atoms with Crippen molar-refractivity contribution in [2.75, 3.05) is 18.0 Å². The number of benzene rings is 1. The molecule has 2 aromatic heterocycles. The molecule has 0 amide bonds. The van der Waals surface area contributed by atoms with E-state index in [0.717, 1.165) is 48.6 Å². The quantitative estimate of drug-likeness (QED) is 0.766. The number of rotatable bonds is 3. The van der Waals surface area contributed by atoms with Crippen LogP contribution < -0.4 is 4.90 Å². The van der Waals surface area contributed by atoms with Crippen molar-refractivity contribution in [1.29, 1.82) is 0 Å². The first-order chi connectivity index (χ1) is 12.1. The second-order valence-electron chi connectivity index (χ2n) is 6.61. The highest BCUT2D eigenvalue weighted by molar-refractivity contribution is 5.85. The fourth-order valence-corrected chi connectivity index (χ4v) is 3.46. The standard InChI is InChI=1S/C19H20N4O2/c1-12-7-8-14-16(10-12)22-18(21-14)13-4-3-9-23(11-13)17-6-2-5-15(20-17)19(24)25/h2,5-8,10,13H,3-4,9,11H2,1H3,(H,21,22)(H,24,25). The van der Waals surface area contributed by atoms with Gasteiger partial charge in [0.2, 0.25) is 0 Å². The van der Waals surface area contributed by atoms with Crippen molar-refractivity contribution in [3.05, 3.63) is 53.5 Å². The minimum absolute atomic E-state index is 0.0823. The highest BCUT2D eigenvalue weighted by atomic mass is 16.4. The van der Waals surface area contributed by atoms with Crippen molar-refractivity contribution in [2.45, 2.75) is 25.7 Å². The van der Waals surface area contributed by atoms with E-state index in [-0.39, 0.29) is 11.6 Å². The van der Waals surface area contributed by atoms with Crippen molar-refractivity contribution in [3.63, 3.8) is 0 Å². The maximum absolute atomic E-state index is 11.2. The van der Waals surface area contributed by atoms with Crippen LogP contribution in [-0.4, -0.2) is 39.1 Å². The van der Waals surface area contributed by atoms with Crippen molar-refractivity contribution < 1.29 is 9.90 Å². The third kappa shape index (κ3) is 3.07. The number of carbonyl (C=O) groups is 1. The van der Waals surface area contributed by atoms with Gasteiger partial charge in [0.15, 0.2) is 5.69 Å². The maximum Gasteiger partial charge on any atom is 0.354 e. The van der Waals surface area contributed by atoms with Crippen LogP contribution in [0.25, 0.3) is 11.0 Å². The van der Waals surface area contributed by atoms with Crippen molar-refractivity contribution in [3.8, 4) is 0 Å². The minimum Gasteiger partial charge on any atom is -0.477 e. The number of H-pyrrole nitrogens is 1. The fourth-order valence-electron chi connectivity index (χ4n) is 3.46. The van der Waals surface area contributed by atoms with Crippen LogP contribution in [0, 0.1) is 6.92 Å². The lowest BCUT2D eigenvalue weighted by Gasteiger charge is -2.32. The summed E-state index contributed by atoms with van der Waals surface area (Å²) >= 11 is 0. The SMILES string of the molecule is Cc1ccc2nc(C3CCCN(c4cccc(C(=O)O)n4)C3)[nH]c2c1. The van der Waals surface area contributed by atoms with Gasteiger partial charge in [-0.15, -0.1) is 0 Å². The molecule has 0 radical (unpaired) electrons. The van der Waals surface area contributed by atoms with E-state index in [9.17, 15) is 4.79 Å². The molecule has 3 heterocycles. The molecule has 0 aliphatic carbocycles. The van der Waals surface area contributed by atoms with E-state index in [1.54, 1.807) is 6.07 Å². The van der Waals surface area contributed by atoms with E-state index in [1.165, 1.54) is 11.6 Å². The molecule has 6 nitrogen and oxygen atoms in total. The van der Waals surface area contributed by atoms with Crippen molar-refractivity contribution in [1.82, 2.24) is 15.0 Å². The largest absolute Gasteiger partial charge is 0.477 e. The van der Waals surface area contributed by atoms with Gasteiger partial charge in [-0.2, -0.15) is 0 Å². The fraction of sp³-hybridized carbons (Fsp3) is 0.316. The maximum atomic E-state index is 11.2. The summed E-state index contributed by atoms with van der Waals surface area (Å²) < 4.78 is 0. The molecule has 6 heteroatoms. The van der Waals surface area contributed by atoms with Crippen LogP contribution in [0.15, 0.2) is 36.4 Å². The molecule has 0 bridgehead atoms. The summed E-state index contributed by atoms with van der Waals surface area (Å²) in [6.07, 6.45) is 2.09. The molecule has 1 aliphatic heterocycles. The smallest absolute Gasteiger partial charge is 0.354 e. The van der Waals surface area contributed by atoms with Gasteiger partial charge in [-0.05, 0) is 49.6 Å². The summed E-state index contributed by atoms with van der Waals surface area (Å²) in [6, 6.07) is 11.4. The Morgan fingerprint density at radius 2 is 2.16 bits per heavy atom. The number of piperidine rings is 1. The number of aromatic carboxylic acids is 1. The molecule has 3 aromatic rings. The Morgan fingerprint density at radius 1 is 1.28 bits per heavy atom. The van der Waals surface area contributed by atoms with Gasteiger partial charge in [-0.3, -0.25) is 0 Å². The number of fused-ring (bicyclic) bond motifs is 1. The molecular formula is C19H20N4O2. The second kappa shape index (κ2) is 6.20. The zero-order chi connectivity index (χ0) is 17.4. The number of aromatic amines is 1. The highest BCUT2D eigenvalue weighted by Gasteiger charge is 2.25. The van der Waals surface area contributed by atoms with Crippen LogP contribution in [-0.2, 0) is 0 Å². The van der Waals surface area contributed by atoms with Gasteiger partial charge in [-0.1, -0.05) is 12.1 Å². The molecule has 128 valence electrons. The Bertz CT molecular complexity index is 934. The summed E-state index contributed by atoms with van der Waals surface area (Å²) in [7, 11) is 0. The number of aryl methyl sites for hydroxylation is 1. The number of carboxylic acid groups (broad SMARTS) is 1. The summed E-state index contributed by atoms with van der Waals surface area (Å²) in [5, 5.41) is 9.14. The van der Waals surface area contributed by atoms with E-state index in [1.807, 2.05) is 12.1 Å². The Balaban J connectivity index is 1.59. The van der Waals surface area contributed by atoms with E-state index >= 15 is 0 Å². The van der Waals surface area contributed by atoms with Crippen LogP contribution >= 0.6 is 0 Å². The Labute approximate surface area is 145 Å².